The molecule has 0 amide bonds. The van der Waals surface area contributed by atoms with E-state index in [0.717, 1.165) is 23.7 Å². The summed E-state index contributed by atoms with van der Waals surface area (Å²) in [6, 6.07) is 6.25. The Hall–Kier alpha value is -1.55. The molecule has 2 rings (SSSR count). The molecule has 1 aliphatic rings. The zero-order valence-electron chi connectivity index (χ0n) is 12.2. The van der Waals surface area contributed by atoms with Gasteiger partial charge in [0, 0.05) is 0 Å². The van der Waals surface area contributed by atoms with Crippen LogP contribution >= 0.6 is 0 Å². The Labute approximate surface area is 120 Å². The van der Waals surface area contributed by atoms with E-state index in [0.29, 0.717) is 5.92 Å². The van der Waals surface area contributed by atoms with E-state index in [1.54, 1.807) is 0 Å². The Bertz CT molecular complexity index is 467. The molecule has 0 aromatic heterocycles. The maximum absolute atomic E-state index is 11.1. The lowest BCUT2D eigenvalue weighted by atomic mass is 9.97. The molecule has 0 heterocycles. The summed E-state index contributed by atoms with van der Waals surface area (Å²) in [4.78, 5) is 11.1. The minimum atomic E-state index is -0.448. The van der Waals surface area contributed by atoms with E-state index in [-0.39, 0.29) is 13.3 Å². The number of rotatable bonds is 7. The summed E-state index contributed by atoms with van der Waals surface area (Å²) >= 11 is 0. The molecule has 1 aromatic carbocycles. The first-order chi connectivity index (χ1) is 9.61. The summed E-state index contributed by atoms with van der Waals surface area (Å²) in [5.41, 5.74) is 7.57. The third-order valence-electron chi connectivity index (χ3n) is 3.54. The Morgan fingerprint density at radius 1 is 1.40 bits per heavy atom. The van der Waals surface area contributed by atoms with Gasteiger partial charge in [0.2, 0.25) is 6.79 Å². The van der Waals surface area contributed by atoms with Crippen LogP contribution in [-0.2, 0) is 16.0 Å². The van der Waals surface area contributed by atoms with E-state index >= 15 is 0 Å². The van der Waals surface area contributed by atoms with Gasteiger partial charge in [-0.15, -0.1) is 0 Å². The van der Waals surface area contributed by atoms with Gasteiger partial charge in [0.25, 0.3) is 0 Å². The largest absolute Gasteiger partial charge is 0.457 e. The van der Waals surface area contributed by atoms with Crippen molar-refractivity contribution in [2.75, 3.05) is 13.3 Å². The molecule has 0 spiro atoms. The van der Waals surface area contributed by atoms with E-state index in [4.69, 9.17) is 15.2 Å². The molecule has 2 N–H and O–H groups in total. The van der Waals surface area contributed by atoms with Gasteiger partial charge in [0.15, 0.2) is 0 Å². The van der Waals surface area contributed by atoms with Crippen molar-refractivity contribution < 1.29 is 14.3 Å². The molecule has 1 aliphatic carbocycles. The Kier molecular flexibility index (Phi) is 5.01. The summed E-state index contributed by atoms with van der Waals surface area (Å²) in [5.74, 6) is 1.58. The number of benzene rings is 1. The Balaban J connectivity index is 2.10. The number of carbonyl (C=O) groups excluding carboxylic acids is 1. The highest BCUT2D eigenvalue weighted by Crippen LogP contribution is 2.38. The lowest BCUT2D eigenvalue weighted by Crippen LogP contribution is -2.19. The molecule has 4 nitrogen and oxygen atoms in total. The van der Waals surface area contributed by atoms with Crippen molar-refractivity contribution in [3.63, 3.8) is 0 Å². The second kappa shape index (κ2) is 6.75. The number of para-hydroxylation sites is 1. The summed E-state index contributed by atoms with van der Waals surface area (Å²) in [6.07, 6.45) is 3.64. The first-order valence-corrected chi connectivity index (χ1v) is 7.22. The van der Waals surface area contributed by atoms with E-state index < -0.39 is 5.97 Å². The number of carbonyl (C=O) groups is 1. The first-order valence-electron chi connectivity index (χ1n) is 7.22. The Morgan fingerprint density at radius 2 is 2.15 bits per heavy atom. The third-order valence-corrected chi connectivity index (χ3v) is 3.54. The lowest BCUT2D eigenvalue weighted by molar-refractivity contribution is -0.148. The van der Waals surface area contributed by atoms with Gasteiger partial charge < -0.3 is 15.2 Å². The van der Waals surface area contributed by atoms with Crippen LogP contribution in [0.25, 0.3) is 0 Å². The van der Waals surface area contributed by atoms with Gasteiger partial charge in [0.1, 0.15) is 5.75 Å². The predicted molar refractivity (Wildman–Crippen MR) is 77.6 cm³/mol. The molecule has 1 aromatic rings. The maximum atomic E-state index is 11.1. The summed E-state index contributed by atoms with van der Waals surface area (Å²) in [6.45, 7) is 4.07. The second-order valence-corrected chi connectivity index (χ2v) is 5.62. The topological polar surface area (TPSA) is 61.5 Å². The van der Waals surface area contributed by atoms with Crippen molar-refractivity contribution >= 4 is 5.97 Å². The van der Waals surface area contributed by atoms with E-state index in [1.165, 1.54) is 18.4 Å². The third kappa shape index (κ3) is 3.97. The van der Waals surface area contributed by atoms with Gasteiger partial charge in [0.05, 0.1) is 6.54 Å². The highest BCUT2D eigenvalue weighted by Gasteiger charge is 2.24. The monoisotopic (exact) mass is 277 g/mol. The van der Waals surface area contributed by atoms with Crippen molar-refractivity contribution in [3.05, 3.63) is 29.3 Å². The molecule has 20 heavy (non-hydrogen) atoms. The smallest absolute Gasteiger partial charge is 0.322 e. The number of ether oxygens (including phenoxy) is 2. The van der Waals surface area contributed by atoms with Crippen LogP contribution in [0.15, 0.2) is 18.2 Å². The quantitative estimate of drug-likeness (QED) is 0.614. The summed E-state index contributed by atoms with van der Waals surface area (Å²) < 4.78 is 10.7. The number of hydrogen-bond donors (Lipinski definition) is 1. The summed E-state index contributed by atoms with van der Waals surface area (Å²) in [5, 5.41) is 0. The van der Waals surface area contributed by atoms with Crippen molar-refractivity contribution in [1.29, 1.82) is 0 Å². The van der Waals surface area contributed by atoms with Crippen LogP contribution < -0.4 is 10.5 Å². The van der Waals surface area contributed by atoms with Crippen LogP contribution in [0, 0.1) is 5.92 Å². The molecule has 0 saturated heterocycles. The van der Waals surface area contributed by atoms with E-state index in [9.17, 15) is 4.79 Å². The van der Waals surface area contributed by atoms with Crippen LogP contribution in [0.2, 0.25) is 0 Å². The minimum absolute atomic E-state index is 0.0720. The van der Waals surface area contributed by atoms with Gasteiger partial charge in [-0.05, 0) is 42.2 Å². The summed E-state index contributed by atoms with van der Waals surface area (Å²) in [7, 11) is 0. The minimum Gasteiger partial charge on any atom is -0.457 e. The molecule has 0 bridgehead atoms. The normalized spacial score (nSPS) is 14.4. The Morgan fingerprint density at radius 3 is 2.75 bits per heavy atom. The fraction of sp³-hybridized carbons (Fsp3) is 0.562. The number of esters is 1. The van der Waals surface area contributed by atoms with Crippen LogP contribution in [0.4, 0.5) is 0 Å². The van der Waals surface area contributed by atoms with Gasteiger partial charge in [-0.2, -0.15) is 0 Å². The number of nitrogens with two attached hydrogens (primary N) is 1. The fourth-order valence-corrected chi connectivity index (χ4v) is 2.24. The zero-order valence-corrected chi connectivity index (χ0v) is 12.2. The molecule has 110 valence electrons. The van der Waals surface area contributed by atoms with Crippen molar-refractivity contribution in [2.45, 2.75) is 39.0 Å². The zero-order chi connectivity index (χ0) is 14.5. The highest BCUT2D eigenvalue weighted by molar-refractivity contribution is 5.71. The second-order valence-electron chi connectivity index (χ2n) is 5.62. The van der Waals surface area contributed by atoms with E-state index in [2.05, 4.69) is 32.0 Å². The highest BCUT2D eigenvalue weighted by atomic mass is 16.7. The average Bonchev–Trinajstić information content (AvgIpc) is 3.23. The maximum Gasteiger partial charge on any atom is 0.322 e. The fourth-order valence-electron chi connectivity index (χ4n) is 2.24. The van der Waals surface area contributed by atoms with Crippen molar-refractivity contribution in [1.82, 2.24) is 0 Å². The van der Waals surface area contributed by atoms with Crippen molar-refractivity contribution in [3.8, 4) is 5.75 Å². The van der Waals surface area contributed by atoms with Gasteiger partial charge >= 0.3 is 5.97 Å². The average molecular weight is 277 g/mol. The SMILES string of the molecule is CC(C)c1cccc(CC2CC2)c1OCOC(=O)CN. The van der Waals surface area contributed by atoms with Crippen molar-refractivity contribution in [2.24, 2.45) is 11.7 Å². The van der Waals surface area contributed by atoms with Gasteiger partial charge in [-0.1, -0.05) is 32.0 Å². The number of hydrogen-bond acceptors (Lipinski definition) is 4. The molecule has 0 atom stereocenters. The molecular formula is C16H23NO3. The van der Waals surface area contributed by atoms with Crippen LogP contribution in [0.1, 0.15) is 43.7 Å². The van der Waals surface area contributed by atoms with Gasteiger partial charge in [-0.3, -0.25) is 4.79 Å². The van der Waals surface area contributed by atoms with Crippen LogP contribution in [0.3, 0.4) is 0 Å². The van der Waals surface area contributed by atoms with Crippen LogP contribution in [-0.4, -0.2) is 19.3 Å². The molecule has 0 aliphatic heterocycles. The molecule has 1 saturated carbocycles. The first kappa shape index (κ1) is 14.9. The van der Waals surface area contributed by atoms with E-state index in [1.807, 2.05) is 0 Å². The molecule has 0 unspecified atom stereocenters. The molecular weight excluding hydrogens is 254 g/mol. The lowest BCUT2D eigenvalue weighted by Gasteiger charge is -2.18. The van der Waals surface area contributed by atoms with Crippen LogP contribution in [0.5, 0.6) is 5.75 Å². The molecule has 1 fully saturated rings. The van der Waals surface area contributed by atoms with Gasteiger partial charge in [-0.25, -0.2) is 0 Å². The standard InChI is InChI=1S/C16H23NO3/c1-11(2)14-5-3-4-13(8-12-6-7-12)16(14)20-10-19-15(18)9-17/h3-5,11-12H,6-10,17H2,1-2H3. The molecule has 4 heteroatoms. The molecule has 0 radical (unpaired) electrons. The predicted octanol–water partition coefficient (Wildman–Crippen LogP) is 2.60.